The number of benzene rings is 2. The SMILES string of the molecule is CCc1ccccc1Nc1cnc(C(=O)Nc2cccc(F)c2)cn1. The van der Waals surface area contributed by atoms with E-state index in [2.05, 4.69) is 27.5 Å². The van der Waals surface area contributed by atoms with Crippen LogP contribution < -0.4 is 10.6 Å². The molecular formula is C19H17FN4O. The third-order valence-electron chi connectivity index (χ3n) is 3.63. The van der Waals surface area contributed by atoms with E-state index in [4.69, 9.17) is 0 Å². The summed E-state index contributed by atoms with van der Waals surface area (Å²) in [5.74, 6) is -0.320. The number of anilines is 3. The number of hydrogen-bond acceptors (Lipinski definition) is 4. The monoisotopic (exact) mass is 336 g/mol. The molecule has 0 aliphatic heterocycles. The predicted octanol–water partition coefficient (Wildman–Crippen LogP) is 4.17. The van der Waals surface area contributed by atoms with Gasteiger partial charge in [0.25, 0.3) is 5.91 Å². The van der Waals surface area contributed by atoms with Crippen molar-refractivity contribution in [3.63, 3.8) is 0 Å². The van der Waals surface area contributed by atoms with Gasteiger partial charge in [-0.3, -0.25) is 4.79 Å². The van der Waals surface area contributed by atoms with Crippen LogP contribution in [0.4, 0.5) is 21.6 Å². The molecule has 3 aromatic rings. The summed E-state index contributed by atoms with van der Waals surface area (Å²) in [7, 11) is 0. The van der Waals surface area contributed by atoms with Crippen LogP contribution in [-0.4, -0.2) is 15.9 Å². The quantitative estimate of drug-likeness (QED) is 0.734. The molecule has 0 saturated carbocycles. The average molecular weight is 336 g/mol. The van der Waals surface area contributed by atoms with E-state index in [1.165, 1.54) is 30.6 Å². The Morgan fingerprint density at radius 1 is 1.08 bits per heavy atom. The zero-order valence-electron chi connectivity index (χ0n) is 13.7. The van der Waals surface area contributed by atoms with E-state index in [0.717, 1.165) is 17.7 Å². The summed E-state index contributed by atoms with van der Waals surface area (Å²) in [4.78, 5) is 20.5. The van der Waals surface area contributed by atoms with E-state index in [1.807, 2.05) is 24.3 Å². The number of carbonyl (C=O) groups is 1. The minimum atomic E-state index is -0.446. The lowest BCUT2D eigenvalue weighted by molar-refractivity contribution is 0.102. The van der Waals surface area contributed by atoms with Crippen molar-refractivity contribution in [3.8, 4) is 0 Å². The fraction of sp³-hybridized carbons (Fsp3) is 0.105. The number of rotatable bonds is 5. The molecule has 1 heterocycles. The number of amides is 1. The molecule has 0 radical (unpaired) electrons. The third kappa shape index (κ3) is 4.17. The molecule has 0 saturated heterocycles. The van der Waals surface area contributed by atoms with Crippen molar-refractivity contribution in [1.29, 1.82) is 0 Å². The number of nitrogens with zero attached hydrogens (tertiary/aromatic N) is 2. The maximum Gasteiger partial charge on any atom is 0.275 e. The molecule has 2 N–H and O–H groups in total. The number of halogens is 1. The molecule has 3 rings (SSSR count). The molecule has 1 aromatic heterocycles. The molecule has 5 nitrogen and oxygen atoms in total. The molecule has 0 atom stereocenters. The van der Waals surface area contributed by atoms with Gasteiger partial charge in [0.05, 0.1) is 12.4 Å². The average Bonchev–Trinajstić information content (AvgIpc) is 2.63. The van der Waals surface area contributed by atoms with Crippen molar-refractivity contribution < 1.29 is 9.18 Å². The van der Waals surface area contributed by atoms with Gasteiger partial charge in [-0.15, -0.1) is 0 Å². The maximum atomic E-state index is 13.2. The summed E-state index contributed by atoms with van der Waals surface area (Å²) >= 11 is 0. The van der Waals surface area contributed by atoms with Gasteiger partial charge >= 0.3 is 0 Å². The molecule has 6 heteroatoms. The second-order valence-electron chi connectivity index (χ2n) is 5.39. The number of para-hydroxylation sites is 1. The second kappa shape index (κ2) is 7.53. The van der Waals surface area contributed by atoms with Gasteiger partial charge in [-0.25, -0.2) is 14.4 Å². The van der Waals surface area contributed by atoms with Gasteiger partial charge in [0.2, 0.25) is 0 Å². The van der Waals surface area contributed by atoms with E-state index in [1.54, 1.807) is 6.07 Å². The van der Waals surface area contributed by atoms with E-state index in [9.17, 15) is 9.18 Å². The highest BCUT2D eigenvalue weighted by atomic mass is 19.1. The lowest BCUT2D eigenvalue weighted by Gasteiger charge is -2.10. The van der Waals surface area contributed by atoms with Gasteiger partial charge in [0.15, 0.2) is 0 Å². The van der Waals surface area contributed by atoms with Gasteiger partial charge in [0, 0.05) is 11.4 Å². The van der Waals surface area contributed by atoms with Crippen LogP contribution in [0.25, 0.3) is 0 Å². The zero-order valence-corrected chi connectivity index (χ0v) is 13.7. The van der Waals surface area contributed by atoms with Crippen molar-refractivity contribution >= 4 is 23.1 Å². The fourth-order valence-corrected chi connectivity index (χ4v) is 2.36. The van der Waals surface area contributed by atoms with Crippen molar-refractivity contribution in [2.45, 2.75) is 13.3 Å². The van der Waals surface area contributed by atoms with Gasteiger partial charge in [-0.1, -0.05) is 31.2 Å². The summed E-state index contributed by atoms with van der Waals surface area (Å²) in [6.45, 7) is 2.08. The first-order valence-corrected chi connectivity index (χ1v) is 7.89. The van der Waals surface area contributed by atoms with Crippen molar-refractivity contribution in [2.75, 3.05) is 10.6 Å². The maximum absolute atomic E-state index is 13.2. The van der Waals surface area contributed by atoms with Crippen LogP contribution in [0.5, 0.6) is 0 Å². The number of nitrogens with one attached hydrogen (secondary N) is 2. The third-order valence-corrected chi connectivity index (χ3v) is 3.63. The minimum absolute atomic E-state index is 0.151. The van der Waals surface area contributed by atoms with Crippen molar-refractivity contribution in [1.82, 2.24) is 9.97 Å². The van der Waals surface area contributed by atoms with Crippen molar-refractivity contribution in [2.24, 2.45) is 0 Å². The van der Waals surface area contributed by atoms with Crippen molar-refractivity contribution in [3.05, 3.63) is 78.0 Å². The molecule has 0 fully saturated rings. The molecule has 0 bridgehead atoms. The molecule has 0 aliphatic rings. The summed E-state index contributed by atoms with van der Waals surface area (Å²) in [6, 6.07) is 13.6. The van der Waals surface area contributed by atoms with E-state index in [0.29, 0.717) is 11.5 Å². The van der Waals surface area contributed by atoms with E-state index >= 15 is 0 Å². The lowest BCUT2D eigenvalue weighted by atomic mass is 10.1. The second-order valence-corrected chi connectivity index (χ2v) is 5.39. The number of hydrogen-bond donors (Lipinski definition) is 2. The number of aromatic nitrogens is 2. The molecule has 25 heavy (non-hydrogen) atoms. The predicted molar refractivity (Wildman–Crippen MR) is 95.5 cm³/mol. The van der Waals surface area contributed by atoms with Gasteiger partial charge in [0.1, 0.15) is 17.3 Å². The van der Waals surface area contributed by atoms with Crippen LogP contribution >= 0.6 is 0 Å². The van der Waals surface area contributed by atoms with Crippen LogP contribution in [-0.2, 0) is 6.42 Å². The minimum Gasteiger partial charge on any atom is -0.339 e. The Hall–Kier alpha value is -3.28. The normalized spacial score (nSPS) is 10.3. The highest BCUT2D eigenvalue weighted by Crippen LogP contribution is 2.19. The Morgan fingerprint density at radius 2 is 1.92 bits per heavy atom. The van der Waals surface area contributed by atoms with Crippen LogP contribution in [0.15, 0.2) is 60.9 Å². The first kappa shape index (κ1) is 16.6. The standard InChI is InChI=1S/C19H17FN4O/c1-2-13-6-3-4-9-16(13)24-18-12-21-17(11-22-18)19(25)23-15-8-5-7-14(20)10-15/h3-12H,2H2,1H3,(H,22,24)(H,23,25). The summed E-state index contributed by atoms with van der Waals surface area (Å²) in [6.07, 6.45) is 3.77. The highest BCUT2D eigenvalue weighted by molar-refractivity contribution is 6.02. The Morgan fingerprint density at radius 3 is 2.64 bits per heavy atom. The Kier molecular flexibility index (Phi) is 4.99. The van der Waals surface area contributed by atoms with Crippen LogP contribution in [0, 0.1) is 5.82 Å². The molecular weight excluding hydrogens is 319 g/mol. The smallest absolute Gasteiger partial charge is 0.275 e. The number of carbonyl (C=O) groups excluding carboxylic acids is 1. The topological polar surface area (TPSA) is 66.9 Å². The van der Waals surface area contributed by atoms with Crippen LogP contribution in [0.1, 0.15) is 23.0 Å². The molecule has 2 aromatic carbocycles. The summed E-state index contributed by atoms with van der Waals surface area (Å²) < 4.78 is 13.2. The first-order valence-electron chi connectivity index (χ1n) is 7.89. The van der Waals surface area contributed by atoms with E-state index in [-0.39, 0.29) is 5.69 Å². The molecule has 0 unspecified atom stereocenters. The highest BCUT2D eigenvalue weighted by Gasteiger charge is 2.09. The Bertz CT molecular complexity index is 881. The molecule has 0 spiro atoms. The molecule has 126 valence electrons. The van der Waals surface area contributed by atoms with Crippen LogP contribution in [0.2, 0.25) is 0 Å². The summed E-state index contributed by atoms with van der Waals surface area (Å²) in [5, 5.41) is 5.78. The Labute approximate surface area is 145 Å². The number of aryl methyl sites for hydroxylation is 1. The van der Waals surface area contributed by atoms with Gasteiger partial charge < -0.3 is 10.6 Å². The molecule has 0 aliphatic carbocycles. The lowest BCUT2D eigenvalue weighted by Crippen LogP contribution is -2.14. The zero-order chi connectivity index (χ0) is 17.6. The first-order chi connectivity index (χ1) is 12.2. The van der Waals surface area contributed by atoms with Crippen LogP contribution in [0.3, 0.4) is 0 Å². The van der Waals surface area contributed by atoms with Gasteiger partial charge in [-0.05, 0) is 36.2 Å². The Balaban J connectivity index is 1.70. The largest absolute Gasteiger partial charge is 0.339 e. The molecule has 1 amide bonds. The van der Waals surface area contributed by atoms with Gasteiger partial charge in [-0.2, -0.15) is 0 Å². The summed E-state index contributed by atoms with van der Waals surface area (Å²) in [5.41, 5.74) is 2.64. The fourth-order valence-electron chi connectivity index (χ4n) is 2.36. The van der Waals surface area contributed by atoms with E-state index < -0.39 is 11.7 Å².